The number of carbonyl (C=O) groups is 1. The van der Waals surface area contributed by atoms with Gasteiger partial charge in [-0.2, -0.15) is 0 Å². The molecule has 0 aromatic carbocycles. The van der Waals surface area contributed by atoms with Gasteiger partial charge < -0.3 is 9.26 Å². The van der Waals surface area contributed by atoms with Crippen molar-refractivity contribution < 1.29 is 14.1 Å². The smallest absolute Gasteiger partial charge is 0.287 e. The Hall–Kier alpha value is -1.44. The molecule has 1 fully saturated rings. The van der Waals surface area contributed by atoms with Gasteiger partial charge in [-0.05, 0) is 19.4 Å². The Morgan fingerprint density at radius 3 is 3.16 bits per heavy atom. The number of aromatic nitrogens is 1. The van der Waals surface area contributed by atoms with Gasteiger partial charge in [0.15, 0.2) is 11.5 Å². The third-order valence-corrected chi connectivity index (χ3v) is 3.24. The van der Waals surface area contributed by atoms with Gasteiger partial charge in [-0.3, -0.25) is 15.1 Å². The van der Waals surface area contributed by atoms with E-state index in [0.717, 1.165) is 32.5 Å². The molecule has 3 N–H and O–H groups in total. The quantitative estimate of drug-likeness (QED) is 0.437. The maximum atomic E-state index is 11.3. The fraction of sp³-hybridized carbons (Fsp3) is 0.667. The van der Waals surface area contributed by atoms with Crippen molar-refractivity contribution >= 4 is 5.91 Å². The average Bonchev–Trinajstić information content (AvgIpc) is 3.08. The molecule has 0 aliphatic carbocycles. The molecule has 1 saturated heterocycles. The number of hydrogen-bond acceptors (Lipinski definition) is 6. The molecule has 0 radical (unpaired) electrons. The summed E-state index contributed by atoms with van der Waals surface area (Å²) in [4.78, 5) is 13.5. The molecule has 1 atom stereocenters. The number of nitrogen functional groups attached to an aromatic ring is 1. The molecule has 7 nitrogen and oxygen atoms in total. The Balaban J connectivity index is 1.90. The first-order valence-corrected chi connectivity index (χ1v) is 6.53. The van der Waals surface area contributed by atoms with Crippen LogP contribution in [0.1, 0.15) is 36.0 Å². The molecule has 1 aliphatic rings. The Morgan fingerprint density at radius 1 is 1.68 bits per heavy atom. The molecule has 1 amide bonds. The van der Waals surface area contributed by atoms with Gasteiger partial charge in [-0.25, -0.2) is 5.84 Å². The Bertz CT molecular complexity index is 415. The second-order valence-electron chi connectivity index (χ2n) is 4.61. The minimum absolute atomic E-state index is 0.200. The minimum atomic E-state index is -0.447. The van der Waals surface area contributed by atoms with E-state index in [9.17, 15) is 4.79 Å². The van der Waals surface area contributed by atoms with Crippen molar-refractivity contribution in [2.45, 2.75) is 32.4 Å². The summed E-state index contributed by atoms with van der Waals surface area (Å²) in [5.74, 6) is 5.25. The van der Waals surface area contributed by atoms with E-state index in [2.05, 4.69) is 17.0 Å². The van der Waals surface area contributed by atoms with Crippen molar-refractivity contribution in [2.75, 3.05) is 19.7 Å². The summed E-state index contributed by atoms with van der Waals surface area (Å²) in [6.07, 6.45) is 2.54. The van der Waals surface area contributed by atoms with E-state index in [0.29, 0.717) is 18.4 Å². The first-order chi connectivity index (χ1) is 9.22. The van der Waals surface area contributed by atoms with Gasteiger partial charge >= 0.3 is 0 Å². The lowest BCUT2D eigenvalue weighted by Gasteiger charge is -2.22. The van der Waals surface area contributed by atoms with Crippen LogP contribution in [0.3, 0.4) is 0 Å². The van der Waals surface area contributed by atoms with Crippen molar-refractivity contribution in [3.05, 3.63) is 17.5 Å². The molecular weight excluding hydrogens is 248 g/mol. The van der Waals surface area contributed by atoms with E-state index in [1.54, 1.807) is 6.07 Å². The van der Waals surface area contributed by atoms with E-state index in [4.69, 9.17) is 15.1 Å². The largest absolute Gasteiger partial charge is 0.377 e. The molecule has 1 aromatic heterocycles. The van der Waals surface area contributed by atoms with Crippen LogP contribution >= 0.6 is 0 Å². The molecular formula is C12H20N4O3. The molecule has 0 spiro atoms. The first kappa shape index (κ1) is 14.0. The van der Waals surface area contributed by atoms with Crippen LogP contribution in [0.2, 0.25) is 0 Å². The molecule has 2 rings (SSSR count). The van der Waals surface area contributed by atoms with Crippen LogP contribution < -0.4 is 11.3 Å². The van der Waals surface area contributed by atoms with Gasteiger partial charge in [-0.15, -0.1) is 0 Å². The number of nitrogens with zero attached hydrogens (tertiary/aromatic N) is 2. The van der Waals surface area contributed by atoms with Crippen LogP contribution in [-0.2, 0) is 11.3 Å². The van der Waals surface area contributed by atoms with Crippen LogP contribution in [-0.4, -0.2) is 41.8 Å². The highest BCUT2D eigenvalue weighted by molar-refractivity contribution is 5.91. The zero-order valence-corrected chi connectivity index (χ0v) is 11.1. The topological polar surface area (TPSA) is 93.6 Å². The molecule has 7 heteroatoms. The van der Waals surface area contributed by atoms with Crippen LogP contribution in [0.5, 0.6) is 0 Å². The zero-order valence-electron chi connectivity index (χ0n) is 11.1. The molecule has 19 heavy (non-hydrogen) atoms. The summed E-state index contributed by atoms with van der Waals surface area (Å²) in [6, 6.07) is 1.61. The lowest BCUT2D eigenvalue weighted by molar-refractivity contribution is 0.0695. The summed E-state index contributed by atoms with van der Waals surface area (Å²) >= 11 is 0. The predicted octanol–water partition coefficient (Wildman–Crippen LogP) is 0.279. The fourth-order valence-corrected chi connectivity index (χ4v) is 2.17. The van der Waals surface area contributed by atoms with E-state index < -0.39 is 5.91 Å². The summed E-state index contributed by atoms with van der Waals surface area (Å²) in [5, 5.41) is 3.68. The standard InChI is InChI=1S/C12H20N4O3/c1-2-16(7-9-4-3-5-18-9)8-10-6-11(15-19-10)12(17)14-13/h6,9H,2-5,7-8,13H2,1H3,(H,14,17). The van der Waals surface area contributed by atoms with Gasteiger partial charge in [0, 0.05) is 19.2 Å². The lowest BCUT2D eigenvalue weighted by atomic mass is 10.2. The van der Waals surface area contributed by atoms with Crippen LogP contribution in [0.15, 0.2) is 10.6 Å². The normalized spacial score (nSPS) is 19.0. The molecule has 106 valence electrons. The second-order valence-corrected chi connectivity index (χ2v) is 4.61. The number of hydrazine groups is 1. The Kier molecular flexibility index (Phi) is 4.89. The lowest BCUT2D eigenvalue weighted by Crippen LogP contribution is -2.31. The van der Waals surface area contributed by atoms with Crippen molar-refractivity contribution in [3.8, 4) is 0 Å². The molecule has 0 saturated carbocycles. The highest BCUT2D eigenvalue weighted by atomic mass is 16.5. The van der Waals surface area contributed by atoms with Crippen molar-refractivity contribution in [3.63, 3.8) is 0 Å². The van der Waals surface area contributed by atoms with E-state index in [1.807, 2.05) is 5.43 Å². The predicted molar refractivity (Wildman–Crippen MR) is 68.1 cm³/mol. The number of carbonyl (C=O) groups excluding carboxylic acids is 1. The van der Waals surface area contributed by atoms with Crippen LogP contribution in [0, 0.1) is 0 Å². The van der Waals surface area contributed by atoms with E-state index in [1.165, 1.54) is 0 Å². The maximum absolute atomic E-state index is 11.3. The SMILES string of the molecule is CCN(Cc1cc(C(=O)NN)no1)CC1CCCO1. The van der Waals surface area contributed by atoms with Crippen LogP contribution in [0.4, 0.5) is 0 Å². The molecule has 1 aromatic rings. The number of nitrogens with two attached hydrogens (primary N) is 1. The second kappa shape index (κ2) is 6.65. The average molecular weight is 268 g/mol. The first-order valence-electron chi connectivity index (χ1n) is 6.53. The Morgan fingerprint density at radius 2 is 2.53 bits per heavy atom. The molecule has 0 bridgehead atoms. The summed E-state index contributed by atoms with van der Waals surface area (Å²) in [6.45, 7) is 5.31. The van der Waals surface area contributed by atoms with E-state index in [-0.39, 0.29) is 5.69 Å². The highest BCUT2D eigenvalue weighted by Gasteiger charge is 2.20. The van der Waals surface area contributed by atoms with Crippen molar-refractivity contribution in [2.24, 2.45) is 5.84 Å². The summed E-state index contributed by atoms with van der Waals surface area (Å²) < 4.78 is 10.8. The molecule has 1 aliphatic heterocycles. The number of nitrogens with one attached hydrogen (secondary N) is 1. The number of likely N-dealkylation sites (N-methyl/N-ethyl adjacent to an activating group) is 1. The zero-order chi connectivity index (χ0) is 13.7. The number of amides is 1. The monoisotopic (exact) mass is 268 g/mol. The Labute approximate surface area is 112 Å². The van der Waals surface area contributed by atoms with Gasteiger partial charge in [-0.1, -0.05) is 12.1 Å². The third-order valence-electron chi connectivity index (χ3n) is 3.24. The number of hydrogen-bond donors (Lipinski definition) is 2. The maximum Gasteiger partial charge on any atom is 0.287 e. The molecule has 2 heterocycles. The summed E-state index contributed by atoms with van der Waals surface area (Å²) in [5.41, 5.74) is 2.23. The number of ether oxygens (including phenoxy) is 1. The van der Waals surface area contributed by atoms with Crippen LogP contribution in [0.25, 0.3) is 0 Å². The highest BCUT2D eigenvalue weighted by Crippen LogP contribution is 2.15. The van der Waals surface area contributed by atoms with Gasteiger partial charge in [0.2, 0.25) is 0 Å². The fourth-order valence-electron chi connectivity index (χ4n) is 2.17. The summed E-state index contributed by atoms with van der Waals surface area (Å²) in [7, 11) is 0. The van der Waals surface area contributed by atoms with Gasteiger partial charge in [0.1, 0.15) is 0 Å². The van der Waals surface area contributed by atoms with E-state index >= 15 is 0 Å². The molecule has 1 unspecified atom stereocenters. The van der Waals surface area contributed by atoms with Gasteiger partial charge in [0.05, 0.1) is 12.6 Å². The van der Waals surface area contributed by atoms with Gasteiger partial charge in [0.25, 0.3) is 5.91 Å². The van der Waals surface area contributed by atoms with Crippen molar-refractivity contribution in [1.29, 1.82) is 0 Å². The minimum Gasteiger partial charge on any atom is -0.377 e. The number of rotatable bonds is 6. The third kappa shape index (κ3) is 3.76. The van der Waals surface area contributed by atoms with Crippen molar-refractivity contribution in [1.82, 2.24) is 15.5 Å².